The number of nitrogens with one attached hydrogen (secondary N) is 1. The minimum atomic E-state index is -3.24. The van der Waals surface area contributed by atoms with Gasteiger partial charge in [0.1, 0.15) is 5.75 Å². The summed E-state index contributed by atoms with van der Waals surface area (Å²) in [5.74, 6) is 0.458. The van der Waals surface area contributed by atoms with E-state index in [9.17, 15) is 13.2 Å². The van der Waals surface area contributed by atoms with Gasteiger partial charge in [0.05, 0.1) is 11.5 Å². The van der Waals surface area contributed by atoms with Gasteiger partial charge in [0.2, 0.25) is 0 Å². The third-order valence-corrected chi connectivity index (χ3v) is 4.26. The van der Waals surface area contributed by atoms with E-state index in [2.05, 4.69) is 5.32 Å². The van der Waals surface area contributed by atoms with Crippen molar-refractivity contribution in [1.82, 2.24) is 0 Å². The second-order valence-electron chi connectivity index (χ2n) is 5.12. The summed E-state index contributed by atoms with van der Waals surface area (Å²) in [7, 11) is -3.24. The number of amides is 1. The fraction of sp³-hybridized carbons (Fsp3) is 0.235. The van der Waals surface area contributed by atoms with Crippen LogP contribution in [0, 0.1) is 0 Å². The maximum atomic E-state index is 12.2. The lowest BCUT2D eigenvalue weighted by atomic mass is 10.2. The van der Waals surface area contributed by atoms with Crippen molar-refractivity contribution in [2.24, 2.45) is 0 Å². The number of hydrogen-bond donors (Lipinski definition) is 1. The zero-order valence-electron chi connectivity index (χ0n) is 13.1. The molecule has 0 aliphatic carbocycles. The van der Waals surface area contributed by atoms with Gasteiger partial charge in [-0.1, -0.05) is 6.92 Å². The van der Waals surface area contributed by atoms with Crippen molar-refractivity contribution >= 4 is 21.4 Å². The zero-order valence-corrected chi connectivity index (χ0v) is 13.9. The topological polar surface area (TPSA) is 72.5 Å². The molecule has 5 nitrogen and oxygen atoms in total. The summed E-state index contributed by atoms with van der Waals surface area (Å²) in [4.78, 5) is 12.4. The van der Waals surface area contributed by atoms with Gasteiger partial charge in [-0.15, -0.1) is 0 Å². The lowest BCUT2D eigenvalue weighted by Crippen LogP contribution is -2.12. The van der Waals surface area contributed by atoms with Crippen LogP contribution in [0.2, 0.25) is 0 Å². The summed E-state index contributed by atoms with van der Waals surface area (Å²) >= 11 is 0. The van der Waals surface area contributed by atoms with Crippen LogP contribution < -0.4 is 10.1 Å². The minimum absolute atomic E-state index is 0.216. The Labute approximate surface area is 136 Å². The predicted octanol–water partition coefficient (Wildman–Crippen LogP) is 3.13. The lowest BCUT2D eigenvalue weighted by molar-refractivity contribution is 0.102. The molecule has 23 heavy (non-hydrogen) atoms. The maximum absolute atomic E-state index is 12.2. The molecule has 0 unspecified atom stereocenters. The van der Waals surface area contributed by atoms with Crippen LogP contribution in [0.3, 0.4) is 0 Å². The van der Waals surface area contributed by atoms with E-state index in [-0.39, 0.29) is 10.8 Å². The number of rotatable bonds is 6. The Bertz CT molecular complexity index is 765. The number of hydrogen-bond acceptors (Lipinski definition) is 4. The molecule has 0 bridgehead atoms. The average molecular weight is 333 g/mol. The maximum Gasteiger partial charge on any atom is 0.255 e. The van der Waals surface area contributed by atoms with E-state index in [1.807, 2.05) is 6.92 Å². The number of carbonyl (C=O) groups is 1. The normalized spacial score (nSPS) is 11.0. The molecule has 0 atom stereocenters. The Morgan fingerprint density at radius 1 is 1.04 bits per heavy atom. The summed E-state index contributed by atoms with van der Waals surface area (Å²) < 4.78 is 28.3. The van der Waals surface area contributed by atoms with Gasteiger partial charge >= 0.3 is 0 Å². The Morgan fingerprint density at radius 2 is 1.65 bits per heavy atom. The smallest absolute Gasteiger partial charge is 0.255 e. The molecule has 0 radical (unpaired) electrons. The predicted molar refractivity (Wildman–Crippen MR) is 89.7 cm³/mol. The van der Waals surface area contributed by atoms with Crippen molar-refractivity contribution < 1.29 is 17.9 Å². The van der Waals surface area contributed by atoms with Crippen molar-refractivity contribution in [3.63, 3.8) is 0 Å². The minimum Gasteiger partial charge on any atom is -0.494 e. The number of ether oxygens (including phenoxy) is 1. The molecular formula is C17H19NO4S. The van der Waals surface area contributed by atoms with Crippen LogP contribution in [0.1, 0.15) is 23.7 Å². The SMILES string of the molecule is CCCOc1ccc(C(=O)Nc2ccc(S(C)(=O)=O)cc2)cc1. The van der Waals surface area contributed by atoms with Gasteiger partial charge < -0.3 is 10.1 Å². The summed E-state index contributed by atoms with van der Waals surface area (Å²) in [6.07, 6.45) is 2.06. The third kappa shape index (κ3) is 4.82. The fourth-order valence-electron chi connectivity index (χ4n) is 1.91. The fourth-order valence-corrected chi connectivity index (χ4v) is 2.54. The Kier molecular flexibility index (Phi) is 5.39. The quantitative estimate of drug-likeness (QED) is 0.881. The van der Waals surface area contributed by atoms with Gasteiger partial charge in [0.15, 0.2) is 9.84 Å². The Balaban J connectivity index is 2.04. The van der Waals surface area contributed by atoms with Crippen LogP contribution in [-0.2, 0) is 9.84 Å². The molecule has 0 aromatic heterocycles. The van der Waals surface area contributed by atoms with Crippen molar-refractivity contribution in [2.45, 2.75) is 18.2 Å². The van der Waals surface area contributed by atoms with Gasteiger partial charge in [-0.05, 0) is 55.0 Å². The molecule has 0 spiro atoms. The molecule has 0 fully saturated rings. The van der Waals surface area contributed by atoms with E-state index in [0.29, 0.717) is 17.9 Å². The van der Waals surface area contributed by atoms with Crippen LogP contribution in [0.25, 0.3) is 0 Å². The molecule has 0 saturated carbocycles. The first-order chi connectivity index (χ1) is 10.9. The van der Waals surface area contributed by atoms with Crippen molar-refractivity contribution in [3.8, 4) is 5.75 Å². The number of anilines is 1. The molecule has 122 valence electrons. The Morgan fingerprint density at radius 3 is 2.17 bits per heavy atom. The molecule has 2 rings (SSSR count). The van der Waals surface area contributed by atoms with Crippen molar-refractivity contribution in [2.75, 3.05) is 18.2 Å². The highest BCUT2D eigenvalue weighted by atomic mass is 32.2. The van der Waals surface area contributed by atoms with Crippen LogP contribution in [0.5, 0.6) is 5.75 Å². The van der Waals surface area contributed by atoms with E-state index in [0.717, 1.165) is 18.4 Å². The Hall–Kier alpha value is -2.34. The molecule has 1 N–H and O–H groups in total. The monoisotopic (exact) mass is 333 g/mol. The highest BCUT2D eigenvalue weighted by Crippen LogP contribution is 2.16. The molecule has 0 aliphatic heterocycles. The average Bonchev–Trinajstić information content (AvgIpc) is 2.53. The summed E-state index contributed by atoms with van der Waals surface area (Å²) in [6.45, 7) is 2.66. The summed E-state index contributed by atoms with van der Waals surface area (Å²) in [5, 5.41) is 2.72. The number of benzene rings is 2. The van der Waals surface area contributed by atoms with Crippen LogP contribution in [0.15, 0.2) is 53.4 Å². The van der Waals surface area contributed by atoms with E-state index in [1.54, 1.807) is 36.4 Å². The second-order valence-corrected chi connectivity index (χ2v) is 7.14. The van der Waals surface area contributed by atoms with Crippen LogP contribution in [-0.4, -0.2) is 27.2 Å². The van der Waals surface area contributed by atoms with Gasteiger partial charge in [-0.2, -0.15) is 0 Å². The largest absolute Gasteiger partial charge is 0.494 e. The van der Waals surface area contributed by atoms with Crippen LogP contribution >= 0.6 is 0 Å². The summed E-state index contributed by atoms with van der Waals surface area (Å²) in [6, 6.07) is 12.9. The highest BCUT2D eigenvalue weighted by Gasteiger charge is 2.09. The number of sulfone groups is 1. The van der Waals surface area contributed by atoms with Crippen molar-refractivity contribution in [1.29, 1.82) is 0 Å². The standard InChI is InChI=1S/C17H19NO4S/c1-3-12-22-15-8-4-13(5-9-15)17(19)18-14-6-10-16(11-7-14)23(2,20)21/h4-11H,3,12H2,1-2H3,(H,18,19). The number of carbonyl (C=O) groups excluding carboxylic acids is 1. The second kappa shape index (κ2) is 7.28. The van der Waals surface area contributed by atoms with Gasteiger partial charge in [-0.25, -0.2) is 8.42 Å². The molecule has 6 heteroatoms. The zero-order chi connectivity index (χ0) is 16.9. The lowest BCUT2D eigenvalue weighted by Gasteiger charge is -2.08. The van der Waals surface area contributed by atoms with Gasteiger partial charge in [0, 0.05) is 17.5 Å². The molecule has 0 aliphatic rings. The van der Waals surface area contributed by atoms with E-state index in [1.165, 1.54) is 12.1 Å². The third-order valence-electron chi connectivity index (χ3n) is 3.13. The first kappa shape index (κ1) is 17.0. The summed E-state index contributed by atoms with van der Waals surface area (Å²) in [5.41, 5.74) is 1.04. The van der Waals surface area contributed by atoms with Crippen LogP contribution in [0.4, 0.5) is 5.69 Å². The van der Waals surface area contributed by atoms with Gasteiger partial charge in [-0.3, -0.25) is 4.79 Å². The van der Waals surface area contributed by atoms with E-state index in [4.69, 9.17) is 4.74 Å². The molecule has 2 aromatic carbocycles. The highest BCUT2D eigenvalue weighted by molar-refractivity contribution is 7.90. The molecule has 1 amide bonds. The molecule has 0 saturated heterocycles. The van der Waals surface area contributed by atoms with E-state index < -0.39 is 9.84 Å². The first-order valence-corrected chi connectivity index (χ1v) is 9.13. The first-order valence-electron chi connectivity index (χ1n) is 7.24. The molecular weight excluding hydrogens is 314 g/mol. The van der Waals surface area contributed by atoms with Gasteiger partial charge in [0.25, 0.3) is 5.91 Å². The molecule has 2 aromatic rings. The molecule has 0 heterocycles. The van der Waals surface area contributed by atoms with E-state index >= 15 is 0 Å². The van der Waals surface area contributed by atoms with Crippen molar-refractivity contribution in [3.05, 3.63) is 54.1 Å².